The molecule has 0 spiro atoms. The van der Waals surface area contributed by atoms with Gasteiger partial charge in [-0.15, -0.1) is 0 Å². The molecular weight excluding hydrogens is 232 g/mol. The van der Waals surface area contributed by atoms with Crippen molar-refractivity contribution in [1.82, 2.24) is 10.2 Å². The monoisotopic (exact) mass is 266 g/mol. The summed E-state index contributed by atoms with van der Waals surface area (Å²) < 4.78 is 0. The van der Waals surface area contributed by atoms with Gasteiger partial charge in [0, 0.05) is 18.6 Å². The van der Waals surface area contributed by atoms with Crippen molar-refractivity contribution in [2.24, 2.45) is 11.8 Å². The molecule has 0 aliphatic heterocycles. The quantitative estimate of drug-likeness (QED) is 0.721. The van der Waals surface area contributed by atoms with Crippen LogP contribution in [0.1, 0.15) is 65.7 Å². The Labute approximate surface area is 120 Å². The van der Waals surface area contributed by atoms with E-state index in [0.29, 0.717) is 0 Å². The maximum Gasteiger partial charge on any atom is 0.0108 e. The van der Waals surface area contributed by atoms with E-state index in [0.717, 1.165) is 30.5 Å². The number of nitrogens with zero attached hydrogens (tertiary/aromatic N) is 1. The van der Waals surface area contributed by atoms with Crippen molar-refractivity contribution in [1.29, 1.82) is 0 Å². The normalized spacial score (nSPS) is 31.9. The molecule has 2 heteroatoms. The van der Waals surface area contributed by atoms with Gasteiger partial charge >= 0.3 is 0 Å². The molecule has 2 aliphatic rings. The largest absolute Gasteiger partial charge is 0.314 e. The van der Waals surface area contributed by atoms with E-state index in [4.69, 9.17) is 0 Å². The zero-order chi connectivity index (χ0) is 13.7. The molecule has 3 atom stereocenters. The number of hydrogen-bond acceptors (Lipinski definition) is 2. The van der Waals surface area contributed by atoms with Gasteiger partial charge in [0.25, 0.3) is 0 Å². The molecule has 2 nitrogen and oxygen atoms in total. The molecule has 2 rings (SSSR count). The molecule has 112 valence electrons. The standard InChI is InChI=1S/C17H34N2/c1-4-7-14-8-11-17(18-5-2)15(12-14)13-19(6-3)16-9-10-16/h14-18H,4-13H2,1-3H3. The molecule has 0 aromatic heterocycles. The summed E-state index contributed by atoms with van der Waals surface area (Å²) >= 11 is 0. The summed E-state index contributed by atoms with van der Waals surface area (Å²) in [5.74, 6) is 1.90. The van der Waals surface area contributed by atoms with E-state index in [1.165, 1.54) is 58.0 Å². The number of nitrogens with one attached hydrogen (secondary N) is 1. The first-order valence-corrected chi connectivity index (χ1v) is 8.75. The maximum atomic E-state index is 3.76. The maximum absolute atomic E-state index is 3.76. The molecule has 2 saturated carbocycles. The van der Waals surface area contributed by atoms with Crippen LogP contribution >= 0.6 is 0 Å². The van der Waals surface area contributed by atoms with E-state index in [1.54, 1.807) is 0 Å². The smallest absolute Gasteiger partial charge is 0.0108 e. The van der Waals surface area contributed by atoms with Gasteiger partial charge in [-0.1, -0.05) is 33.6 Å². The van der Waals surface area contributed by atoms with Crippen molar-refractivity contribution < 1.29 is 0 Å². The summed E-state index contributed by atoms with van der Waals surface area (Å²) in [7, 11) is 0. The SMILES string of the molecule is CCCC1CCC(NCC)C(CN(CC)C2CC2)C1. The topological polar surface area (TPSA) is 15.3 Å². The Morgan fingerprint density at radius 2 is 1.84 bits per heavy atom. The van der Waals surface area contributed by atoms with Gasteiger partial charge in [0.1, 0.15) is 0 Å². The highest BCUT2D eigenvalue weighted by Crippen LogP contribution is 2.35. The molecule has 0 aromatic rings. The molecular formula is C17H34N2. The van der Waals surface area contributed by atoms with Crippen LogP contribution in [0.25, 0.3) is 0 Å². The van der Waals surface area contributed by atoms with Gasteiger partial charge in [-0.05, 0) is 57.0 Å². The van der Waals surface area contributed by atoms with Gasteiger partial charge in [-0.25, -0.2) is 0 Å². The van der Waals surface area contributed by atoms with Crippen molar-refractivity contribution in [3.05, 3.63) is 0 Å². The predicted molar refractivity (Wildman–Crippen MR) is 83.5 cm³/mol. The van der Waals surface area contributed by atoms with Crippen molar-refractivity contribution in [2.45, 2.75) is 77.8 Å². The minimum atomic E-state index is 0.783. The summed E-state index contributed by atoms with van der Waals surface area (Å²) in [6.07, 6.45) is 10.0. The second-order valence-corrected chi connectivity index (χ2v) is 6.71. The summed E-state index contributed by atoms with van der Waals surface area (Å²) in [4.78, 5) is 2.75. The molecule has 2 aliphatic carbocycles. The predicted octanol–water partition coefficient (Wildman–Crippen LogP) is 3.67. The summed E-state index contributed by atoms with van der Waals surface area (Å²) in [6, 6.07) is 1.71. The average Bonchev–Trinajstić information content (AvgIpc) is 3.23. The van der Waals surface area contributed by atoms with Gasteiger partial charge in [-0.3, -0.25) is 0 Å². The van der Waals surface area contributed by atoms with Crippen molar-refractivity contribution in [3.63, 3.8) is 0 Å². The van der Waals surface area contributed by atoms with Crippen LogP contribution in [-0.2, 0) is 0 Å². The molecule has 1 N–H and O–H groups in total. The fourth-order valence-corrected chi connectivity index (χ4v) is 4.04. The molecule has 0 radical (unpaired) electrons. The van der Waals surface area contributed by atoms with Crippen molar-refractivity contribution in [2.75, 3.05) is 19.6 Å². The first kappa shape index (κ1) is 15.3. The summed E-state index contributed by atoms with van der Waals surface area (Å²) in [5.41, 5.74) is 0. The Kier molecular flexibility index (Phi) is 6.15. The molecule has 0 amide bonds. The van der Waals surface area contributed by atoms with Crippen LogP contribution in [0, 0.1) is 11.8 Å². The molecule has 0 bridgehead atoms. The molecule has 3 unspecified atom stereocenters. The second-order valence-electron chi connectivity index (χ2n) is 6.71. The Morgan fingerprint density at radius 1 is 1.05 bits per heavy atom. The van der Waals surface area contributed by atoms with Crippen LogP contribution in [0.15, 0.2) is 0 Å². The lowest BCUT2D eigenvalue weighted by molar-refractivity contribution is 0.135. The fourth-order valence-electron chi connectivity index (χ4n) is 4.04. The van der Waals surface area contributed by atoms with Crippen molar-refractivity contribution >= 4 is 0 Å². The van der Waals surface area contributed by atoms with E-state index in [1.807, 2.05) is 0 Å². The van der Waals surface area contributed by atoms with Gasteiger partial charge in [0.05, 0.1) is 0 Å². The Hall–Kier alpha value is -0.0800. The minimum absolute atomic E-state index is 0.783. The lowest BCUT2D eigenvalue weighted by Gasteiger charge is -2.39. The van der Waals surface area contributed by atoms with E-state index in [2.05, 4.69) is 31.0 Å². The van der Waals surface area contributed by atoms with Crippen LogP contribution in [-0.4, -0.2) is 36.6 Å². The first-order valence-electron chi connectivity index (χ1n) is 8.75. The van der Waals surface area contributed by atoms with Gasteiger partial charge < -0.3 is 10.2 Å². The highest BCUT2D eigenvalue weighted by Gasteiger charge is 2.34. The van der Waals surface area contributed by atoms with Crippen LogP contribution < -0.4 is 5.32 Å². The van der Waals surface area contributed by atoms with E-state index >= 15 is 0 Å². The van der Waals surface area contributed by atoms with Crippen LogP contribution in [0.4, 0.5) is 0 Å². The molecule has 0 saturated heterocycles. The summed E-state index contributed by atoms with van der Waals surface area (Å²) in [5, 5.41) is 3.76. The fraction of sp³-hybridized carbons (Fsp3) is 1.00. The third kappa shape index (κ3) is 4.46. The lowest BCUT2D eigenvalue weighted by Crippen LogP contribution is -2.46. The van der Waals surface area contributed by atoms with Gasteiger partial charge in [0.2, 0.25) is 0 Å². The number of hydrogen-bond donors (Lipinski definition) is 1. The Balaban J connectivity index is 1.89. The third-order valence-corrected chi connectivity index (χ3v) is 5.19. The second kappa shape index (κ2) is 7.64. The minimum Gasteiger partial charge on any atom is -0.314 e. The van der Waals surface area contributed by atoms with Crippen LogP contribution in [0.2, 0.25) is 0 Å². The highest BCUT2D eigenvalue weighted by atomic mass is 15.2. The lowest BCUT2D eigenvalue weighted by atomic mass is 9.76. The van der Waals surface area contributed by atoms with E-state index in [-0.39, 0.29) is 0 Å². The zero-order valence-corrected chi connectivity index (χ0v) is 13.3. The Morgan fingerprint density at radius 3 is 2.42 bits per heavy atom. The van der Waals surface area contributed by atoms with Crippen LogP contribution in [0.5, 0.6) is 0 Å². The van der Waals surface area contributed by atoms with Gasteiger partial charge in [0.15, 0.2) is 0 Å². The summed E-state index contributed by atoms with van der Waals surface area (Å²) in [6.45, 7) is 10.7. The molecule has 0 heterocycles. The third-order valence-electron chi connectivity index (χ3n) is 5.19. The van der Waals surface area contributed by atoms with Gasteiger partial charge in [-0.2, -0.15) is 0 Å². The zero-order valence-electron chi connectivity index (χ0n) is 13.3. The van der Waals surface area contributed by atoms with E-state index < -0.39 is 0 Å². The molecule has 2 fully saturated rings. The highest BCUT2D eigenvalue weighted by molar-refractivity contribution is 4.90. The van der Waals surface area contributed by atoms with Crippen molar-refractivity contribution in [3.8, 4) is 0 Å². The first-order chi connectivity index (χ1) is 9.28. The number of rotatable bonds is 8. The average molecular weight is 266 g/mol. The molecule has 0 aromatic carbocycles. The molecule has 19 heavy (non-hydrogen) atoms. The Bertz CT molecular complexity index is 250. The van der Waals surface area contributed by atoms with E-state index in [9.17, 15) is 0 Å². The van der Waals surface area contributed by atoms with Crippen LogP contribution in [0.3, 0.4) is 0 Å².